The largest absolute Gasteiger partial charge is 0.447 e. The molecule has 1 unspecified atom stereocenters. The summed E-state index contributed by atoms with van der Waals surface area (Å²) in [7, 11) is 0. The van der Waals surface area contributed by atoms with Gasteiger partial charge in [0.25, 0.3) is 0 Å². The van der Waals surface area contributed by atoms with Gasteiger partial charge in [0.05, 0.1) is 17.3 Å². The highest BCUT2D eigenvalue weighted by Crippen LogP contribution is 2.35. The Morgan fingerprint density at radius 2 is 2.36 bits per heavy atom. The molecule has 1 atom stereocenters. The van der Waals surface area contributed by atoms with Crippen LogP contribution in [0.3, 0.4) is 0 Å². The molecular weight excluding hydrogens is 204 g/mol. The van der Waals surface area contributed by atoms with Gasteiger partial charge in [0.15, 0.2) is 0 Å². The van der Waals surface area contributed by atoms with Crippen LogP contribution in [0.5, 0.6) is 0 Å². The first-order valence-electron chi connectivity index (χ1n) is 4.28. The molecule has 1 amide bonds. The summed E-state index contributed by atoms with van der Waals surface area (Å²) in [6, 6.07) is -0.136. The molecule has 1 saturated heterocycles. The second-order valence-electron chi connectivity index (χ2n) is 3.53. The van der Waals surface area contributed by atoms with Gasteiger partial charge >= 0.3 is 6.09 Å². The molecule has 1 fully saturated rings. The van der Waals surface area contributed by atoms with Crippen molar-refractivity contribution in [1.29, 1.82) is 0 Å². The van der Waals surface area contributed by atoms with Crippen LogP contribution in [0.15, 0.2) is 4.58 Å². The first-order valence-corrected chi connectivity index (χ1v) is 5.05. The fourth-order valence-electron chi connectivity index (χ4n) is 1.41. The maximum absolute atomic E-state index is 11.2. The molecule has 0 aromatic heterocycles. The number of amides is 1. The Hall–Kier alpha value is -0.780. The van der Waals surface area contributed by atoms with Crippen LogP contribution < -0.4 is 0 Å². The van der Waals surface area contributed by atoms with Gasteiger partial charge in [0.1, 0.15) is 6.61 Å². The zero-order chi connectivity index (χ0) is 10.8. The molecule has 0 saturated carbocycles. The van der Waals surface area contributed by atoms with Crippen LogP contribution in [-0.4, -0.2) is 28.4 Å². The molecule has 1 heterocycles. The maximum atomic E-state index is 11.2. The summed E-state index contributed by atoms with van der Waals surface area (Å²) in [5.74, 6) is 0. The molecular formula is C8H13N2O3S. The molecule has 0 spiro atoms. The van der Waals surface area contributed by atoms with E-state index in [4.69, 9.17) is 4.74 Å². The predicted octanol–water partition coefficient (Wildman–Crippen LogP) is 2.18. The highest BCUT2D eigenvalue weighted by molar-refractivity contribution is 7.99. The molecule has 5 nitrogen and oxygen atoms in total. The summed E-state index contributed by atoms with van der Waals surface area (Å²) in [5, 5.41) is 0. The van der Waals surface area contributed by atoms with Crippen LogP contribution in [0, 0.1) is 11.5 Å². The van der Waals surface area contributed by atoms with Crippen LogP contribution in [0.25, 0.3) is 0 Å². The van der Waals surface area contributed by atoms with Crippen LogP contribution in [0.2, 0.25) is 0 Å². The second kappa shape index (κ2) is 4.16. The van der Waals surface area contributed by atoms with Gasteiger partial charge in [-0.25, -0.2) is 4.79 Å². The minimum absolute atomic E-state index is 0.136. The lowest BCUT2D eigenvalue weighted by molar-refractivity contribution is 0.163. The minimum Gasteiger partial charge on any atom is -0.447 e. The van der Waals surface area contributed by atoms with Crippen molar-refractivity contribution in [3.05, 3.63) is 11.5 Å². The lowest BCUT2D eigenvalue weighted by Gasteiger charge is -2.31. The fraction of sp³-hybridized carbons (Fsp3) is 0.750. The number of cyclic esters (lactones) is 1. The second-order valence-corrected chi connectivity index (χ2v) is 4.91. The molecule has 6 heteroatoms. The minimum atomic E-state index is -0.430. The van der Waals surface area contributed by atoms with Crippen molar-refractivity contribution < 1.29 is 9.53 Å². The molecule has 0 bridgehead atoms. The molecule has 79 valence electrons. The van der Waals surface area contributed by atoms with Gasteiger partial charge < -0.3 is 4.74 Å². The van der Waals surface area contributed by atoms with Gasteiger partial charge in [0.2, 0.25) is 0 Å². The smallest absolute Gasteiger partial charge is 0.410 e. The first kappa shape index (κ1) is 11.3. The predicted molar refractivity (Wildman–Crippen MR) is 54.4 cm³/mol. The first-order chi connectivity index (χ1) is 6.53. The number of nitroso groups, excluding NO2 is 1. The van der Waals surface area contributed by atoms with E-state index in [1.165, 1.54) is 4.90 Å². The van der Waals surface area contributed by atoms with E-state index in [0.29, 0.717) is 6.61 Å². The van der Waals surface area contributed by atoms with Crippen molar-refractivity contribution in [3.8, 4) is 0 Å². The Morgan fingerprint density at radius 3 is 2.86 bits per heavy atom. The zero-order valence-corrected chi connectivity index (χ0v) is 9.21. The summed E-state index contributed by atoms with van der Waals surface area (Å²) < 4.78 is 7.28. The SMILES string of the molecule is C[CH]N1C(=O)OCC1C(C)(C)SN=O. The number of carbonyl (C=O) groups is 1. The van der Waals surface area contributed by atoms with E-state index >= 15 is 0 Å². The van der Waals surface area contributed by atoms with E-state index in [1.54, 1.807) is 13.5 Å². The maximum Gasteiger partial charge on any atom is 0.410 e. The third-order valence-electron chi connectivity index (χ3n) is 2.26. The third-order valence-corrected chi connectivity index (χ3v) is 3.08. The molecule has 0 aromatic rings. The van der Waals surface area contributed by atoms with Gasteiger partial charge in [-0.3, -0.25) is 4.90 Å². The average Bonchev–Trinajstić information content (AvgIpc) is 2.47. The van der Waals surface area contributed by atoms with Crippen molar-refractivity contribution >= 4 is 18.0 Å². The fourth-order valence-corrected chi connectivity index (χ4v) is 1.91. The molecule has 1 radical (unpaired) electrons. The van der Waals surface area contributed by atoms with Crippen molar-refractivity contribution in [2.75, 3.05) is 6.61 Å². The van der Waals surface area contributed by atoms with Gasteiger partial charge in [-0.15, -0.1) is 4.91 Å². The number of ether oxygens (including phenoxy) is 1. The van der Waals surface area contributed by atoms with E-state index in [9.17, 15) is 9.70 Å². The van der Waals surface area contributed by atoms with Crippen molar-refractivity contribution in [2.45, 2.75) is 31.6 Å². The number of hydrogen-bond acceptors (Lipinski definition) is 5. The zero-order valence-electron chi connectivity index (χ0n) is 8.39. The highest BCUT2D eigenvalue weighted by atomic mass is 32.2. The molecule has 1 aliphatic rings. The monoisotopic (exact) mass is 217 g/mol. The summed E-state index contributed by atoms with van der Waals surface area (Å²) in [5.41, 5.74) is 0. The lowest BCUT2D eigenvalue weighted by Crippen LogP contribution is -2.44. The van der Waals surface area contributed by atoms with Gasteiger partial charge in [-0.2, -0.15) is 0 Å². The summed E-state index contributed by atoms with van der Waals surface area (Å²) in [6.07, 6.45) is -0.364. The quantitative estimate of drug-likeness (QED) is 0.535. The molecule has 14 heavy (non-hydrogen) atoms. The van der Waals surface area contributed by atoms with E-state index in [-0.39, 0.29) is 12.1 Å². The van der Waals surface area contributed by atoms with Gasteiger partial charge in [-0.1, -0.05) is 0 Å². The van der Waals surface area contributed by atoms with Crippen LogP contribution >= 0.6 is 11.9 Å². The molecule has 1 rings (SSSR count). The summed E-state index contributed by atoms with van der Waals surface area (Å²) >= 11 is 0.928. The highest BCUT2D eigenvalue weighted by Gasteiger charge is 2.43. The van der Waals surface area contributed by atoms with Crippen molar-refractivity contribution in [1.82, 2.24) is 4.90 Å². The third kappa shape index (κ3) is 2.00. The molecule has 0 aromatic carbocycles. The average molecular weight is 217 g/mol. The van der Waals surface area contributed by atoms with Crippen LogP contribution in [0.1, 0.15) is 20.8 Å². The standard InChI is InChI=1S/C8H13N2O3S/c1-4-10-6(5-13-7(10)11)8(2,3)14-9-12/h4,6H,5H2,1-3H3. The van der Waals surface area contributed by atoms with E-state index < -0.39 is 4.75 Å². The number of rotatable bonds is 4. The Bertz CT molecular complexity index is 245. The van der Waals surface area contributed by atoms with Gasteiger partial charge in [-0.05, 0) is 20.8 Å². The molecule has 1 aliphatic heterocycles. The van der Waals surface area contributed by atoms with E-state index in [2.05, 4.69) is 4.58 Å². The number of nitrogens with zero attached hydrogens (tertiary/aromatic N) is 2. The number of hydrogen-bond donors (Lipinski definition) is 0. The van der Waals surface area contributed by atoms with Crippen LogP contribution in [-0.2, 0) is 4.74 Å². The Labute approximate surface area is 87.3 Å². The van der Waals surface area contributed by atoms with E-state index in [0.717, 1.165) is 11.9 Å². The lowest BCUT2D eigenvalue weighted by atomic mass is 10.0. The van der Waals surface area contributed by atoms with E-state index in [1.807, 2.05) is 13.8 Å². The Kier molecular flexibility index (Phi) is 3.36. The Morgan fingerprint density at radius 1 is 1.71 bits per heavy atom. The van der Waals surface area contributed by atoms with Crippen molar-refractivity contribution in [2.24, 2.45) is 4.58 Å². The summed E-state index contributed by atoms with van der Waals surface area (Å²) in [4.78, 5) is 22.9. The van der Waals surface area contributed by atoms with Crippen LogP contribution in [0.4, 0.5) is 4.79 Å². The van der Waals surface area contributed by atoms with Gasteiger partial charge in [0, 0.05) is 16.5 Å². The topological polar surface area (TPSA) is 59.0 Å². The normalized spacial score (nSPS) is 22.4. The van der Waals surface area contributed by atoms with Crippen molar-refractivity contribution in [3.63, 3.8) is 0 Å². The molecule has 0 aliphatic carbocycles. The number of carbonyl (C=O) groups excluding carboxylic acids is 1. The Balaban J connectivity index is 2.76. The summed E-state index contributed by atoms with van der Waals surface area (Å²) in [6.45, 7) is 7.45. The molecule has 0 N–H and O–H groups in total.